The van der Waals surface area contributed by atoms with E-state index in [9.17, 15) is 4.79 Å². The summed E-state index contributed by atoms with van der Waals surface area (Å²) in [5.74, 6) is -0.153. The van der Waals surface area contributed by atoms with Crippen molar-refractivity contribution in [3.63, 3.8) is 0 Å². The van der Waals surface area contributed by atoms with Gasteiger partial charge in [0.05, 0.1) is 5.69 Å². The van der Waals surface area contributed by atoms with Crippen LogP contribution in [0, 0.1) is 13.8 Å². The van der Waals surface area contributed by atoms with Gasteiger partial charge in [0, 0.05) is 11.4 Å². The Bertz CT molecular complexity index is 723. The van der Waals surface area contributed by atoms with Crippen molar-refractivity contribution in [3.05, 3.63) is 45.4 Å². The largest absolute Gasteiger partial charge is 0.317 e. The van der Waals surface area contributed by atoms with Gasteiger partial charge < -0.3 is 4.57 Å². The van der Waals surface area contributed by atoms with Gasteiger partial charge in [-0.15, -0.1) is 21.5 Å². The molecule has 0 radical (unpaired) electrons. The molecule has 0 atom stereocenters. The predicted molar refractivity (Wildman–Crippen MR) is 81.0 cm³/mol. The van der Waals surface area contributed by atoms with Crippen molar-refractivity contribution in [2.24, 2.45) is 0 Å². The topological polar surface area (TPSA) is 59.8 Å². The minimum absolute atomic E-state index is 0.153. The number of anilines is 1. The van der Waals surface area contributed by atoms with Crippen LogP contribution < -0.4 is 5.32 Å². The van der Waals surface area contributed by atoms with Crippen molar-refractivity contribution >= 4 is 33.7 Å². The van der Waals surface area contributed by atoms with Crippen molar-refractivity contribution < 1.29 is 4.79 Å². The van der Waals surface area contributed by atoms with Gasteiger partial charge in [-0.1, -0.05) is 11.3 Å². The zero-order chi connectivity index (χ0) is 14.1. The van der Waals surface area contributed by atoms with E-state index < -0.39 is 0 Å². The first kappa shape index (κ1) is 13.0. The summed E-state index contributed by atoms with van der Waals surface area (Å²) in [6.07, 6.45) is 0. The lowest BCUT2D eigenvalue weighted by atomic mass is 10.3. The van der Waals surface area contributed by atoms with E-state index in [1.807, 2.05) is 37.4 Å². The predicted octanol–water partition coefficient (Wildman–Crippen LogP) is 3.26. The van der Waals surface area contributed by atoms with Crippen molar-refractivity contribution in [3.8, 4) is 5.69 Å². The molecule has 0 saturated carbocycles. The van der Waals surface area contributed by atoms with Crippen LogP contribution in [0.1, 0.15) is 21.1 Å². The van der Waals surface area contributed by atoms with Crippen LogP contribution in [0.3, 0.4) is 0 Å². The molecule has 1 amide bonds. The van der Waals surface area contributed by atoms with Crippen LogP contribution in [0.4, 0.5) is 5.13 Å². The number of hydrogen-bond acceptors (Lipinski definition) is 5. The van der Waals surface area contributed by atoms with Crippen LogP contribution in [-0.4, -0.2) is 20.7 Å². The van der Waals surface area contributed by atoms with E-state index in [-0.39, 0.29) is 5.91 Å². The molecule has 3 aromatic heterocycles. The summed E-state index contributed by atoms with van der Waals surface area (Å²) in [6, 6.07) is 6.04. The Morgan fingerprint density at radius 3 is 2.60 bits per heavy atom. The van der Waals surface area contributed by atoms with E-state index in [4.69, 9.17) is 0 Å². The van der Waals surface area contributed by atoms with Crippen LogP contribution in [0.15, 0.2) is 29.1 Å². The number of aryl methyl sites for hydroxylation is 2. The van der Waals surface area contributed by atoms with E-state index in [1.165, 1.54) is 22.7 Å². The Labute approximate surface area is 123 Å². The van der Waals surface area contributed by atoms with Crippen molar-refractivity contribution in [2.75, 3.05) is 5.32 Å². The number of aromatic nitrogens is 3. The monoisotopic (exact) mass is 304 g/mol. The second-order valence-electron chi connectivity index (χ2n) is 4.28. The van der Waals surface area contributed by atoms with Crippen molar-refractivity contribution in [1.29, 1.82) is 0 Å². The summed E-state index contributed by atoms with van der Waals surface area (Å²) in [7, 11) is 0. The van der Waals surface area contributed by atoms with Gasteiger partial charge in [0.25, 0.3) is 5.91 Å². The van der Waals surface area contributed by atoms with Gasteiger partial charge in [-0.25, -0.2) is 0 Å². The Balaban J connectivity index is 1.96. The average molecular weight is 304 g/mol. The van der Waals surface area contributed by atoms with Gasteiger partial charge in [-0.2, -0.15) is 0 Å². The molecule has 0 saturated heterocycles. The number of amides is 1. The first-order valence-corrected chi connectivity index (χ1v) is 7.73. The number of rotatable bonds is 3. The maximum atomic E-state index is 12.3. The first-order valence-electron chi connectivity index (χ1n) is 5.97. The molecule has 0 fully saturated rings. The van der Waals surface area contributed by atoms with E-state index in [2.05, 4.69) is 20.1 Å². The average Bonchev–Trinajstić information content (AvgIpc) is 3.11. The Hall–Kier alpha value is -1.99. The standard InChI is InChI=1S/C13H12N4OS2/c1-8-3-4-9(2)17(8)10-5-6-19-11(10)12(18)15-13-16-14-7-20-13/h3-7H,1-2H3,(H,15,16,18). The fourth-order valence-corrected chi connectivity index (χ4v) is 3.29. The van der Waals surface area contributed by atoms with Gasteiger partial charge in [0.15, 0.2) is 0 Å². The quantitative estimate of drug-likeness (QED) is 0.808. The van der Waals surface area contributed by atoms with E-state index in [0.717, 1.165) is 17.1 Å². The molecule has 5 nitrogen and oxygen atoms in total. The third kappa shape index (κ3) is 2.25. The summed E-state index contributed by atoms with van der Waals surface area (Å²) in [4.78, 5) is 13.0. The third-order valence-corrected chi connectivity index (χ3v) is 4.45. The molecular formula is C13H12N4OS2. The zero-order valence-corrected chi connectivity index (χ0v) is 12.6. The van der Waals surface area contributed by atoms with Gasteiger partial charge in [0.2, 0.25) is 5.13 Å². The number of carbonyl (C=O) groups excluding carboxylic acids is 1. The van der Waals surface area contributed by atoms with Crippen molar-refractivity contribution in [1.82, 2.24) is 14.8 Å². The van der Waals surface area contributed by atoms with Crippen molar-refractivity contribution in [2.45, 2.75) is 13.8 Å². The number of carbonyl (C=O) groups is 1. The molecule has 102 valence electrons. The third-order valence-electron chi connectivity index (χ3n) is 2.94. The summed E-state index contributed by atoms with van der Waals surface area (Å²) >= 11 is 2.72. The summed E-state index contributed by atoms with van der Waals surface area (Å²) in [5, 5.41) is 12.7. The summed E-state index contributed by atoms with van der Waals surface area (Å²) < 4.78 is 2.07. The molecule has 3 rings (SSSR count). The van der Waals surface area contributed by atoms with Gasteiger partial charge >= 0.3 is 0 Å². The lowest BCUT2D eigenvalue weighted by Gasteiger charge is -2.09. The maximum absolute atomic E-state index is 12.3. The number of nitrogens with one attached hydrogen (secondary N) is 1. The highest BCUT2D eigenvalue weighted by molar-refractivity contribution is 7.14. The highest BCUT2D eigenvalue weighted by Gasteiger charge is 2.17. The molecular weight excluding hydrogens is 292 g/mol. The van der Waals surface area contributed by atoms with Gasteiger partial charge in [-0.3, -0.25) is 10.1 Å². The Morgan fingerprint density at radius 2 is 1.95 bits per heavy atom. The molecule has 0 spiro atoms. The van der Waals surface area contributed by atoms with Crippen LogP contribution in [0.5, 0.6) is 0 Å². The van der Waals surface area contributed by atoms with Gasteiger partial charge in [-0.05, 0) is 37.4 Å². The number of thiophene rings is 1. The molecule has 7 heteroatoms. The fraction of sp³-hybridized carbons (Fsp3) is 0.154. The number of hydrogen-bond donors (Lipinski definition) is 1. The smallest absolute Gasteiger partial charge is 0.269 e. The Kier molecular flexibility index (Phi) is 3.37. The van der Waals surface area contributed by atoms with Gasteiger partial charge in [0.1, 0.15) is 10.4 Å². The highest BCUT2D eigenvalue weighted by Crippen LogP contribution is 2.26. The second kappa shape index (κ2) is 5.18. The molecule has 0 aliphatic carbocycles. The van der Waals surface area contributed by atoms with Crippen LogP contribution in [0.25, 0.3) is 5.69 Å². The highest BCUT2D eigenvalue weighted by atomic mass is 32.1. The fourth-order valence-electron chi connectivity index (χ4n) is 2.08. The van der Waals surface area contributed by atoms with Crippen LogP contribution >= 0.6 is 22.7 Å². The number of nitrogens with zero attached hydrogens (tertiary/aromatic N) is 3. The van der Waals surface area contributed by atoms with E-state index >= 15 is 0 Å². The molecule has 3 aromatic rings. The minimum Gasteiger partial charge on any atom is -0.317 e. The summed E-state index contributed by atoms with van der Waals surface area (Å²) in [5.41, 5.74) is 4.69. The lowest BCUT2D eigenvalue weighted by Crippen LogP contribution is -2.13. The molecule has 0 unspecified atom stereocenters. The van der Waals surface area contributed by atoms with Crippen LogP contribution in [-0.2, 0) is 0 Å². The molecule has 20 heavy (non-hydrogen) atoms. The van der Waals surface area contributed by atoms with E-state index in [0.29, 0.717) is 10.0 Å². The summed E-state index contributed by atoms with van der Waals surface area (Å²) in [6.45, 7) is 4.05. The first-order chi connectivity index (χ1) is 9.66. The Morgan fingerprint density at radius 1 is 1.20 bits per heavy atom. The molecule has 3 heterocycles. The maximum Gasteiger partial charge on any atom is 0.269 e. The zero-order valence-electron chi connectivity index (χ0n) is 11.0. The molecule has 0 aliphatic heterocycles. The minimum atomic E-state index is -0.153. The van der Waals surface area contributed by atoms with E-state index in [1.54, 1.807) is 5.51 Å². The lowest BCUT2D eigenvalue weighted by molar-refractivity contribution is 0.103. The normalized spacial score (nSPS) is 10.7. The molecule has 0 bridgehead atoms. The SMILES string of the molecule is Cc1ccc(C)n1-c1ccsc1C(=O)Nc1nncs1. The molecule has 0 aliphatic rings. The second-order valence-corrected chi connectivity index (χ2v) is 6.03. The molecule has 1 N–H and O–H groups in total. The molecule has 0 aromatic carbocycles. The van der Waals surface area contributed by atoms with Crippen LogP contribution in [0.2, 0.25) is 0 Å².